The average Bonchev–Trinajstić information content (AvgIpc) is 2.39. The minimum atomic E-state index is -0.270. The van der Waals surface area contributed by atoms with Gasteiger partial charge in [0.25, 0.3) is 0 Å². The molecule has 2 rings (SSSR count). The summed E-state index contributed by atoms with van der Waals surface area (Å²) >= 11 is 0. The highest BCUT2D eigenvalue weighted by atomic mass is 16.5. The summed E-state index contributed by atoms with van der Waals surface area (Å²) in [4.78, 5) is 0. The van der Waals surface area contributed by atoms with Crippen molar-refractivity contribution in [2.75, 3.05) is 26.9 Å². The van der Waals surface area contributed by atoms with Gasteiger partial charge in [0.2, 0.25) is 0 Å². The molecule has 0 radical (unpaired) electrons. The first-order valence-corrected chi connectivity index (χ1v) is 6.25. The van der Waals surface area contributed by atoms with E-state index in [1.807, 2.05) is 6.07 Å². The van der Waals surface area contributed by atoms with Crippen molar-refractivity contribution in [1.82, 2.24) is 5.32 Å². The molecule has 0 saturated heterocycles. The second kappa shape index (κ2) is 5.63. The Balaban J connectivity index is 2.22. The zero-order chi connectivity index (χ0) is 12.1. The van der Waals surface area contributed by atoms with Crippen LogP contribution in [0.2, 0.25) is 0 Å². The third-order valence-corrected chi connectivity index (χ3v) is 3.62. The van der Waals surface area contributed by atoms with Gasteiger partial charge in [0.05, 0.1) is 18.8 Å². The number of ether oxygens (including phenoxy) is 1. The number of aliphatic hydroxyl groups excluding tert-OH is 1. The van der Waals surface area contributed by atoms with Gasteiger partial charge in [-0.15, -0.1) is 0 Å². The standard InChI is InChI=1S/C14H21NO2/c1-17-10-9-15-14(11-16)8-4-6-12-5-2-3-7-13(12)14/h2-3,5,7,15-16H,4,6,8-11H2,1H3. The lowest BCUT2D eigenvalue weighted by atomic mass is 9.77. The van der Waals surface area contributed by atoms with Gasteiger partial charge < -0.3 is 15.2 Å². The molecule has 1 atom stereocenters. The molecule has 1 aliphatic carbocycles. The fourth-order valence-corrected chi connectivity index (χ4v) is 2.72. The molecule has 0 spiro atoms. The van der Waals surface area contributed by atoms with E-state index in [9.17, 15) is 5.11 Å². The van der Waals surface area contributed by atoms with E-state index in [0.717, 1.165) is 25.8 Å². The summed E-state index contributed by atoms with van der Waals surface area (Å²) in [5, 5.41) is 13.3. The van der Waals surface area contributed by atoms with E-state index in [1.165, 1.54) is 11.1 Å². The van der Waals surface area contributed by atoms with Crippen LogP contribution in [-0.4, -0.2) is 32.0 Å². The van der Waals surface area contributed by atoms with Crippen LogP contribution in [0.25, 0.3) is 0 Å². The quantitative estimate of drug-likeness (QED) is 0.759. The largest absolute Gasteiger partial charge is 0.394 e. The van der Waals surface area contributed by atoms with Crippen LogP contribution in [-0.2, 0) is 16.7 Å². The van der Waals surface area contributed by atoms with Gasteiger partial charge >= 0.3 is 0 Å². The van der Waals surface area contributed by atoms with Gasteiger partial charge in [-0.05, 0) is 30.4 Å². The van der Waals surface area contributed by atoms with Gasteiger partial charge in [-0.1, -0.05) is 24.3 Å². The third-order valence-electron chi connectivity index (χ3n) is 3.62. The molecule has 0 heterocycles. The Hall–Kier alpha value is -0.900. The molecule has 17 heavy (non-hydrogen) atoms. The summed E-state index contributed by atoms with van der Waals surface area (Å²) in [6.45, 7) is 1.59. The van der Waals surface area contributed by atoms with Crippen molar-refractivity contribution >= 4 is 0 Å². The van der Waals surface area contributed by atoms with Crippen LogP contribution in [0.15, 0.2) is 24.3 Å². The first kappa shape index (κ1) is 12.6. The molecule has 3 nitrogen and oxygen atoms in total. The van der Waals surface area contributed by atoms with Crippen molar-refractivity contribution in [3.8, 4) is 0 Å². The van der Waals surface area contributed by atoms with Crippen LogP contribution in [0.4, 0.5) is 0 Å². The van der Waals surface area contributed by atoms with E-state index in [1.54, 1.807) is 7.11 Å². The molecule has 0 aliphatic heterocycles. The second-order valence-corrected chi connectivity index (χ2v) is 4.67. The third kappa shape index (κ3) is 2.51. The van der Waals surface area contributed by atoms with Gasteiger partial charge in [0, 0.05) is 13.7 Å². The number of aryl methyl sites for hydroxylation is 1. The number of benzene rings is 1. The molecule has 2 N–H and O–H groups in total. The zero-order valence-corrected chi connectivity index (χ0v) is 10.4. The molecule has 0 fully saturated rings. The SMILES string of the molecule is COCCNC1(CO)CCCc2ccccc21. The highest BCUT2D eigenvalue weighted by Crippen LogP contribution is 2.34. The summed E-state index contributed by atoms with van der Waals surface area (Å²) in [6.07, 6.45) is 3.23. The van der Waals surface area contributed by atoms with E-state index in [4.69, 9.17) is 4.74 Å². The van der Waals surface area contributed by atoms with E-state index in [0.29, 0.717) is 6.61 Å². The Morgan fingerprint density at radius 3 is 3.00 bits per heavy atom. The summed E-state index contributed by atoms with van der Waals surface area (Å²) < 4.78 is 5.07. The van der Waals surface area contributed by atoms with Gasteiger partial charge in [-0.25, -0.2) is 0 Å². The zero-order valence-electron chi connectivity index (χ0n) is 10.4. The molecule has 1 aliphatic rings. The second-order valence-electron chi connectivity index (χ2n) is 4.67. The van der Waals surface area contributed by atoms with Crippen LogP contribution in [0, 0.1) is 0 Å². The number of fused-ring (bicyclic) bond motifs is 1. The highest BCUT2D eigenvalue weighted by molar-refractivity contribution is 5.36. The number of rotatable bonds is 5. The molecule has 3 heteroatoms. The Morgan fingerprint density at radius 1 is 1.41 bits per heavy atom. The Labute approximate surface area is 103 Å². The first-order valence-electron chi connectivity index (χ1n) is 6.25. The van der Waals surface area contributed by atoms with Crippen molar-refractivity contribution in [2.24, 2.45) is 0 Å². The van der Waals surface area contributed by atoms with E-state index >= 15 is 0 Å². The average molecular weight is 235 g/mol. The van der Waals surface area contributed by atoms with Crippen molar-refractivity contribution in [3.05, 3.63) is 35.4 Å². The fourth-order valence-electron chi connectivity index (χ4n) is 2.72. The Morgan fingerprint density at radius 2 is 2.24 bits per heavy atom. The molecule has 1 unspecified atom stereocenters. The Bertz CT molecular complexity index is 367. The predicted octanol–water partition coefficient (Wildman–Crippen LogP) is 1.45. The van der Waals surface area contributed by atoms with E-state index < -0.39 is 0 Å². The predicted molar refractivity (Wildman–Crippen MR) is 68.0 cm³/mol. The molecule has 0 saturated carbocycles. The summed E-state index contributed by atoms with van der Waals surface area (Å²) in [6, 6.07) is 8.41. The van der Waals surface area contributed by atoms with Gasteiger partial charge in [-0.2, -0.15) is 0 Å². The van der Waals surface area contributed by atoms with Crippen molar-refractivity contribution < 1.29 is 9.84 Å². The van der Waals surface area contributed by atoms with Gasteiger partial charge in [0.15, 0.2) is 0 Å². The maximum atomic E-state index is 9.78. The summed E-state index contributed by atoms with van der Waals surface area (Å²) in [7, 11) is 1.70. The number of hydrogen-bond acceptors (Lipinski definition) is 3. The molecule has 0 bridgehead atoms. The molecule has 0 amide bonds. The lowest BCUT2D eigenvalue weighted by Gasteiger charge is -2.38. The minimum absolute atomic E-state index is 0.147. The van der Waals surface area contributed by atoms with Crippen LogP contribution in [0.5, 0.6) is 0 Å². The molecule has 1 aromatic carbocycles. The fraction of sp³-hybridized carbons (Fsp3) is 0.571. The highest BCUT2D eigenvalue weighted by Gasteiger charge is 2.34. The number of nitrogens with one attached hydrogen (secondary N) is 1. The topological polar surface area (TPSA) is 41.5 Å². The molecule has 1 aromatic rings. The van der Waals surface area contributed by atoms with Crippen molar-refractivity contribution in [1.29, 1.82) is 0 Å². The number of aliphatic hydroxyl groups is 1. The van der Waals surface area contributed by atoms with Crippen LogP contribution < -0.4 is 5.32 Å². The van der Waals surface area contributed by atoms with Crippen LogP contribution in [0.1, 0.15) is 24.0 Å². The Kier molecular flexibility index (Phi) is 4.15. The number of methoxy groups -OCH3 is 1. The van der Waals surface area contributed by atoms with E-state index in [-0.39, 0.29) is 12.1 Å². The van der Waals surface area contributed by atoms with Gasteiger partial charge in [0.1, 0.15) is 0 Å². The van der Waals surface area contributed by atoms with Crippen LogP contribution in [0.3, 0.4) is 0 Å². The summed E-state index contributed by atoms with van der Waals surface area (Å²) in [5.74, 6) is 0. The lowest BCUT2D eigenvalue weighted by Crippen LogP contribution is -2.49. The molecule has 94 valence electrons. The monoisotopic (exact) mass is 235 g/mol. The summed E-state index contributed by atoms with van der Waals surface area (Å²) in [5.41, 5.74) is 2.34. The molecular formula is C14H21NO2. The van der Waals surface area contributed by atoms with Crippen molar-refractivity contribution in [3.63, 3.8) is 0 Å². The maximum absolute atomic E-state index is 9.78. The van der Waals surface area contributed by atoms with Crippen LogP contribution >= 0.6 is 0 Å². The molecular weight excluding hydrogens is 214 g/mol. The normalized spacial score (nSPS) is 23.4. The smallest absolute Gasteiger partial charge is 0.0672 e. The van der Waals surface area contributed by atoms with E-state index in [2.05, 4.69) is 23.5 Å². The number of hydrogen-bond donors (Lipinski definition) is 2. The minimum Gasteiger partial charge on any atom is -0.394 e. The molecule has 0 aromatic heterocycles. The lowest BCUT2D eigenvalue weighted by molar-refractivity contribution is 0.123. The maximum Gasteiger partial charge on any atom is 0.0672 e. The first-order chi connectivity index (χ1) is 8.32. The van der Waals surface area contributed by atoms with Crippen molar-refractivity contribution in [2.45, 2.75) is 24.8 Å². The van der Waals surface area contributed by atoms with Gasteiger partial charge in [-0.3, -0.25) is 0 Å².